The number of halogens is 1. The van der Waals surface area contributed by atoms with Gasteiger partial charge in [0.25, 0.3) is 5.91 Å². The highest BCUT2D eigenvalue weighted by molar-refractivity contribution is 5.91. The van der Waals surface area contributed by atoms with Crippen LogP contribution in [0.25, 0.3) is 0 Å². The van der Waals surface area contributed by atoms with Crippen LogP contribution in [0.3, 0.4) is 0 Å². The molecule has 0 aliphatic carbocycles. The fourth-order valence-electron chi connectivity index (χ4n) is 1.91. The summed E-state index contributed by atoms with van der Waals surface area (Å²) in [5.74, 6) is -1.50. The number of carbonyl (C=O) groups is 2. The van der Waals surface area contributed by atoms with Gasteiger partial charge >= 0.3 is 5.97 Å². The molecule has 4 nitrogen and oxygen atoms in total. The number of carbonyl (C=O) groups excluding carboxylic acids is 2. The van der Waals surface area contributed by atoms with Crippen molar-refractivity contribution in [2.24, 2.45) is 0 Å². The SMILES string of the molecule is C[C@@H](NC(=O)COC(=O)c1ccc(F)cc1)c1ccccc1. The molecule has 0 aliphatic rings. The molecule has 2 rings (SSSR count). The van der Waals surface area contributed by atoms with Crippen molar-refractivity contribution in [3.8, 4) is 0 Å². The number of rotatable bonds is 5. The van der Waals surface area contributed by atoms with Crippen LogP contribution in [-0.4, -0.2) is 18.5 Å². The third kappa shape index (κ3) is 4.41. The number of amides is 1. The van der Waals surface area contributed by atoms with E-state index in [9.17, 15) is 14.0 Å². The lowest BCUT2D eigenvalue weighted by atomic mass is 10.1. The van der Waals surface area contributed by atoms with E-state index in [1.54, 1.807) is 0 Å². The first kappa shape index (κ1) is 15.7. The highest BCUT2D eigenvalue weighted by Crippen LogP contribution is 2.11. The molecule has 114 valence electrons. The summed E-state index contributed by atoms with van der Waals surface area (Å²) in [6.45, 7) is 1.46. The van der Waals surface area contributed by atoms with Crippen molar-refractivity contribution in [3.05, 3.63) is 71.5 Å². The Balaban J connectivity index is 1.82. The average Bonchev–Trinajstić information content (AvgIpc) is 2.54. The summed E-state index contributed by atoms with van der Waals surface area (Å²) in [6.07, 6.45) is 0. The van der Waals surface area contributed by atoms with E-state index in [0.29, 0.717) is 0 Å². The van der Waals surface area contributed by atoms with Gasteiger partial charge in [-0.1, -0.05) is 30.3 Å². The number of nitrogens with one attached hydrogen (secondary N) is 1. The molecule has 0 saturated carbocycles. The van der Waals surface area contributed by atoms with E-state index >= 15 is 0 Å². The third-order valence-electron chi connectivity index (χ3n) is 3.09. The molecular formula is C17H16FNO3. The zero-order valence-electron chi connectivity index (χ0n) is 12.1. The van der Waals surface area contributed by atoms with E-state index in [1.807, 2.05) is 37.3 Å². The summed E-state index contributed by atoms with van der Waals surface area (Å²) in [5.41, 5.74) is 1.16. The lowest BCUT2D eigenvalue weighted by Crippen LogP contribution is -2.31. The second-order valence-corrected chi connectivity index (χ2v) is 4.78. The van der Waals surface area contributed by atoms with E-state index in [0.717, 1.165) is 17.7 Å². The Morgan fingerprint density at radius 1 is 1.09 bits per heavy atom. The summed E-state index contributed by atoms with van der Waals surface area (Å²) in [6, 6.07) is 14.2. The van der Waals surface area contributed by atoms with Crippen LogP contribution >= 0.6 is 0 Å². The zero-order chi connectivity index (χ0) is 15.9. The molecule has 0 heterocycles. The topological polar surface area (TPSA) is 55.4 Å². The molecule has 0 aliphatic heterocycles. The van der Waals surface area contributed by atoms with E-state index in [2.05, 4.69) is 5.32 Å². The van der Waals surface area contributed by atoms with Gasteiger partial charge < -0.3 is 10.1 Å². The molecule has 1 amide bonds. The van der Waals surface area contributed by atoms with Gasteiger partial charge in [0.15, 0.2) is 6.61 Å². The van der Waals surface area contributed by atoms with Gasteiger partial charge in [0.1, 0.15) is 5.82 Å². The lowest BCUT2D eigenvalue weighted by molar-refractivity contribution is -0.124. The van der Waals surface area contributed by atoms with E-state index in [4.69, 9.17) is 4.74 Å². The van der Waals surface area contributed by atoms with Crippen LogP contribution in [0.15, 0.2) is 54.6 Å². The van der Waals surface area contributed by atoms with Gasteiger partial charge in [0.05, 0.1) is 11.6 Å². The van der Waals surface area contributed by atoms with Crippen LogP contribution in [0.1, 0.15) is 28.9 Å². The second-order valence-electron chi connectivity index (χ2n) is 4.78. The smallest absolute Gasteiger partial charge is 0.338 e. The normalized spacial score (nSPS) is 11.5. The molecule has 2 aromatic rings. The van der Waals surface area contributed by atoms with E-state index in [-0.39, 0.29) is 18.2 Å². The predicted octanol–water partition coefficient (Wildman–Crippen LogP) is 2.86. The van der Waals surface area contributed by atoms with Crippen molar-refractivity contribution >= 4 is 11.9 Å². The molecular weight excluding hydrogens is 285 g/mol. The Kier molecular flexibility index (Phi) is 5.25. The van der Waals surface area contributed by atoms with E-state index in [1.165, 1.54) is 12.1 Å². The molecule has 2 aromatic carbocycles. The van der Waals surface area contributed by atoms with Gasteiger partial charge in [-0.05, 0) is 36.8 Å². The average molecular weight is 301 g/mol. The molecule has 0 bridgehead atoms. The van der Waals surface area contributed by atoms with Gasteiger partial charge in [0.2, 0.25) is 0 Å². The minimum atomic E-state index is -0.664. The molecule has 1 N–H and O–H groups in total. The van der Waals surface area contributed by atoms with Crippen LogP contribution in [0, 0.1) is 5.82 Å². The summed E-state index contributed by atoms with van der Waals surface area (Å²) < 4.78 is 17.6. The third-order valence-corrected chi connectivity index (χ3v) is 3.09. The van der Waals surface area contributed by atoms with Crippen molar-refractivity contribution in [2.75, 3.05) is 6.61 Å². The van der Waals surface area contributed by atoms with Crippen molar-refractivity contribution in [3.63, 3.8) is 0 Å². The van der Waals surface area contributed by atoms with Crippen molar-refractivity contribution in [2.45, 2.75) is 13.0 Å². The summed E-state index contributed by atoms with van der Waals surface area (Å²) in [4.78, 5) is 23.5. The molecule has 1 atom stereocenters. The molecule has 0 spiro atoms. The summed E-state index contributed by atoms with van der Waals surface area (Å²) >= 11 is 0. The van der Waals surface area contributed by atoms with Crippen LogP contribution in [-0.2, 0) is 9.53 Å². The Morgan fingerprint density at radius 2 is 1.73 bits per heavy atom. The molecule has 0 saturated heterocycles. The van der Waals surface area contributed by atoms with Crippen molar-refractivity contribution in [1.29, 1.82) is 0 Å². The minimum absolute atomic E-state index is 0.182. The maximum Gasteiger partial charge on any atom is 0.338 e. The van der Waals surface area contributed by atoms with Gasteiger partial charge in [-0.2, -0.15) is 0 Å². The highest BCUT2D eigenvalue weighted by atomic mass is 19.1. The van der Waals surface area contributed by atoms with Crippen molar-refractivity contribution < 1.29 is 18.7 Å². The molecule has 0 radical (unpaired) electrons. The summed E-state index contributed by atoms with van der Waals surface area (Å²) in [7, 11) is 0. The van der Waals surface area contributed by atoms with Gasteiger partial charge in [-0.15, -0.1) is 0 Å². The number of benzene rings is 2. The molecule has 0 fully saturated rings. The number of hydrogen-bond acceptors (Lipinski definition) is 3. The zero-order valence-corrected chi connectivity index (χ0v) is 12.1. The number of esters is 1. The number of ether oxygens (including phenoxy) is 1. The van der Waals surface area contributed by atoms with Crippen LogP contribution in [0.5, 0.6) is 0 Å². The van der Waals surface area contributed by atoms with Gasteiger partial charge in [-0.3, -0.25) is 4.79 Å². The standard InChI is InChI=1S/C17H16FNO3/c1-12(13-5-3-2-4-6-13)19-16(20)11-22-17(21)14-7-9-15(18)10-8-14/h2-10,12H,11H2,1H3,(H,19,20)/t12-/m1/s1. The predicted molar refractivity (Wildman–Crippen MR) is 79.7 cm³/mol. The second kappa shape index (κ2) is 7.36. The number of hydrogen-bond donors (Lipinski definition) is 1. The molecule has 5 heteroatoms. The highest BCUT2D eigenvalue weighted by Gasteiger charge is 2.13. The summed E-state index contributed by atoms with van der Waals surface area (Å²) in [5, 5.41) is 2.74. The molecule has 0 aromatic heterocycles. The largest absolute Gasteiger partial charge is 0.452 e. The monoisotopic (exact) mass is 301 g/mol. The minimum Gasteiger partial charge on any atom is -0.452 e. The molecule has 22 heavy (non-hydrogen) atoms. The Morgan fingerprint density at radius 3 is 2.36 bits per heavy atom. The fourth-order valence-corrected chi connectivity index (χ4v) is 1.91. The molecule has 0 unspecified atom stereocenters. The first-order valence-electron chi connectivity index (χ1n) is 6.83. The fraction of sp³-hybridized carbons (Fsp3) is 0.176. The first-order chi connectivity index (χ1) is 10.6. The Bertz CT molecular complexity index is 641. The lowest BCUT2D eigenvalue weighted by Gasteiger charge is -2.14. The van der Waals surface area contributed by atoms with Crippen molar-refractivity contribution in [1.82, 2.24) is 5.32 Å². The quantitative estimate of drug-likeness (QED) is 0.864. The van der Waals surface area contributed by atoms with Crippen LogP contribution in [0.2, 0.25) is 0 Å². The van der Waals surface area contributed by atoms with E-state index < -0.39 is 17.7 Å². The maximum atomic E-state index is 12.8. The maximum absolute atomic E-state index is 12.8. The van der Waals surface area contributed by atoms with Gasteiger partial charge in [0, 0.05) is 0 Å². The Labute approximate surface area is 127 Å². The Hall–Kier alpha value is -2.69. The first-order valence-corrected chi connectivity index (χ1v) is 6.83. The van der Waals surface area contributed by atoms with Crippen LogP contribution < -0.4 is 5.32 Å². The van der Waals surface area contributed by atoms with Gasteiger partial charge in [-0.25, -0.2) is 9.18 Å². The van der Waals surface area contributed by atoms with Crippen LogP contribution in [0.4, 0.5) is 4.39 Å².